The van der Waals surface area contributed by atoms with Gasteiger partial charge < -0.3 is 14.8 Å². The van der Waals surface area contributed by atoms with Crippen molar-refractivity contribution in [1.29, 1.82) is 0 Å². The van der Waals surface area contributed by atoms with Crippen molar-refractivity contribution in [3.05, 3.63) is 29.8 Å². The van der Waals surface area contributed by atoms with Gasteiger partial charge in [0.2, 0.25) is 5.78 Å². The number of hydrogen-bond acceptors (Lipinski definition) is 4. The minimum absolute atomic E-state index is 0.196. The first-order chi connectivity index (χ1) is 6.73. The van der Waals surface area contributed by atoms with Crippen molar-refractivity contribution >= 4 is 11.5 Å². The predicted molar refractivity (Wildman–Crippen MR) is 51.1 cm³/mol. The molecule has 0 aliphatic carbocycles. The monoisotopic (exact) mass is 193 g/mol. The van der Waals surface area contributed by atoms with Crippen molar-refractivity contribution in [3.8, 4) is 0 Å². The van der Waals surface area contributed by atoms with Gasteiger partial charge in [0.05, 0.1) is 0 Å². The average molecular weight is 193 g/mol. The molecule has 1 aliphatic heterocycles. The van der Waals surface area contributed by atoms with Crippen molar-refractivity contribution in [2.45, 2.75) is 5.91 Å². The third-order valence-electron chi connectivity index (χ3n) is 2.34. The van der Waals surface area contributed by atoms with Gasteiger partial charge in [-0.15, -0.1) is 0 Å². The summed E-state index contributed by atoms with van der Waals surface area (Å²) in [6, 6.07) is 7.21. The molecule has 0 bridgehead atoms. The molecule has 0 fully saturated rings. The van der Waals surface area contributed by atoms with E-state index < -0.39 is 5.91 Å². The molecule has 0 atom stereocenters. The molecule has 1 aromatic carbocycles. The number of carbonyl (C=O) groups excluding carboxylic acids is 1. The first-order valence-electron chi connectivity index (χ1n) is 4.26. The molecule has 0 unspecified atom stereocenters. The third kappa shape index (κ3) is 1.05. The number of Topliss-reactive ketones (excluding diaryl/α,β-unsaturated/α-hetero) is 1. The Morgan fingerprint density at radius 3 is 2.43 bits per heavy atom. The van der Waals surface area contributed by atoms with Crippen LogP contribution in [0, 0.1) is 0 Å². The zero-order valence-electron chi connectivity index (χ0n) is 8.03. The average Bonchev–Trinajstić information content (AvgIpc) is 2.53. The lowest BCUT2D eigenvalue weighted by molar-refractivity contribution is -0.145. The van der Waals surface area contributed by atoms with Crippen LogP contribution < -0.4 is 5.32 Å². The summed E-state index contributed by atoms with van der Waals surface area (Å²) in [6.45, 7) is 0. The van der Waals surface area contributed by atoms with Gasteiger partial charge >= 0.3 is 5.91 Å². The molecule has 14 heavy (non-hydrogen) atoms. The minimum atomic E-state index is -1.34. The number of methoxy groups -OCH3 is 2. The van der Waals surface area contributed by atoms with Gasteiger partial charge in [-0.3, -0.25) is 4.79 Å². The lowest BCUT2D eigenvalue weighted by Crippen LogP contribution is -2.45. The molecule has 74 valence electrons. The second-order valence-electron chi connectivity index (χ2n) is 3.02. The SMILES string of the molecule is COC1(OC)Nc2ccccc2C1=O. The molecule has 0 spiro atoms. The molecule has 1 aromatic rings. The molecule has 4 heteroatoms. The summed E-state index contributed by atoms with van der Waals surface area (Å²) in [5.41, 5.74) is 1.33. The number of ketones is 1. The van der Waals surface area contributed by atoms with E-state index in [-0.39, 0.29) is 5.78 Å². The smallest absolute Gasteiger partial charge is 0.316 e. The number of nitrogens with one attached hydrogen (secondary N) is 1. The molecule has 0 amide bonds. The molecule has 0 aromatic heterocycles. The van der Waals surface area contributed by atoms with Crippen molar-refractivity contribution in [1.82, 2.24) is 0 Å². The second-order valence-corrected chi connectivity index (χ2v) is 3.02. The van der Waals surface area contributed by atoms with Crippen molar-refractivity contribution < 1.29 is 14.3 Å². The zero-order chi connectivity index (χ0) is 10.2. The molecule has 4 nitrogen and oxygen atoms in total. The predicted octanol–water partition coefficient (Wildman–Crippen LogP) is 1.24. The molecule has 0 radical (unpaired) electrons. The maximum atomic E-state index is 11.9. The first kappa shape index (κ1) is 9.18. The first-order valence-corrected chi connectivity index (χ1v) is 4.26. The Kier molecular flexibility index (Phi) is 2.02. The van der Waals surface area contributed by atoms with Gasteiger partial charge in [-0.05, 0) is 12.1 Å². The van der Waals surface area contributed by atoms with Crippen molar-refractivity contribution in [3.63, 3.8) is 0 Å². The Morgan fingerprint density at radius 1 is 1.21 bits per heavy atom. The van der Waals surface area contributed by atoms with Crippen LogP contribution in [0.5, 0.6) is 0 Å². The molecular formula is C10H11NO3. The topological polar surface area (TPSA) is 47.6 Å². The summed E-state index contributed by atoms with van der Waals surface area (Å²) in [4.78, 5) is 11.9. The molecule has 0 saturated heterocycles. The highest BCUT2D eigenvalue weighted by atomic mass is 16.7. The van der Waals surface area contributed by atoms with Crippen LogP contribution in [0.4, 0.5) is 5.69 Å². The number of fused-ring (bicyclic) bond motifs is 1. The van der Waals surface area contributed by atoms with E-state index in [1.54, 1.807) is 12.1 Å². The van der Waals surface area contributed by atoms with E-state index in [2.05, 4.69) is 5.32 Å². The van der Waals surface area contributed by atoms with E-state index in [4.69, 9.17) is 9.47 Å². The van der Waals surface area contributed by atoms with Crippen LogP contribution in [0.25, 0.3) is 0 Å². The normalized spacial score (nSPS) is 17.7. The lowest BCUT2D eigenvalue weighted by Gasteiger charge is -2.23. The van der Waals surface area contributed by atoms with Gasteiger partial charge in [0.15, 0.2) is 0 Å². The van der Waals surface area contributed by atoms with Gasteiger partial charge in [0.1, 0.15) is 0 Å². The Morgan fingerprint density at radius 2 is 1.86 bits per heavy atom. The van der Waals surface area contributed by atoms with Crippen molar-refractivity contribution in [2.24, 2.45) is 0 Å². The maximum Gasteiger partial charge on any atom is 0.316 e. The van der Waals surface area contributed by atoms with E-state index in [1.165, 1.54) is 14.2 Å². The van der Waals surface area contributed by atoms with E-state index >= 15 is 0 Å². The minimum Gasteiger partial charge on any atom is -0.330 e. The van der Waals surface area contributed by atoms with Crippen molar-refractivity contribution in [2.75, 3.05) is 19.5 Å². The second kappa shape index (κ2) is 3.08. The fraction of sp³-hybridized carbons (Fsp3) is 0.300. The number of para-hydroxylation sites is 1. The fourth-order valence-electron chi connectivity index (χ4n) is 1.57. The lowest BCUT2D eigenvalue weighted by atomic mass is 10.1. The van der Waals surface area contributed by atoms with Crippen LogP contribution >= 0.6 is 0 Å². The highest BCUT2D eigenvalue weighted by Gasteiger charge is 2.46. The molecular weight excluding hydrogens is 182 g/mol. The Hall–Kier alpha value is -1.39. The molecule has 1 heterocycles. The number of ether oxygens (including phenoxy) is 2. The summed E-state index contributed by atoms with van der Waals surface area (Å²) >= 11 is 0. The molecule has 1 N–H and O–H groups in total. The Bertz CT molecular complexity index is 371. The zero-order valence-corrected chi connectivity index (χ0v) is 8.03. The van der Waals surface area contributed by atoms with Crippen LogP contribution in [-0.2, 0) is 9.47 Å². The summed E-state index contributed by atoms with van der Waals surface area (Å²) in [5.74, 6) is -1.54. The Balaban J connectivity index is 2.47. The number of rotatable bonds is 2. The van der Waals surface area contributed by atoms with Gasteiger partial charge in [0.25, 0.3) is 0 Å². The molecule has 2 rings (SSSR count). The molecule has 0 saturated carbocycles. The van der Waals surface area contributed by atoms with Crippen LogP contribution in [0.1, 0.15) is 10.4 Å². The number of benzene rings is 1. The van der Waals surface area contributed by atoms with E-state index in [0.29, 0.717) is 5.56 Å². The standard InChI is InChI=1S/C10H11NO3/c1-13-10(14-2)9(12)7-5-3-4-6-8(7)11-10/h3-6,11H,1-2H3. The van der Waals surface area contributed by atoms with E-state index in [1.807, 2.05) is 12.1 Å². The quantitative estimate of drug-likeness (QED) is 0.718. The van der Waals surface area contributed by atoms with E-state index in [0.717, 1.165) is 5.69 Å². The van der Waals surface area contributed by atoms with E-state index in [9.17, 15) is 4.79 Å². The number of anilines is 1. The molecule has 1 aliphatic rings. The van der Waals surface area contributed by atoms with Crippen LogP contribution in [0.3, 0.4) is 0 Å². The van der Waals surface area contributed by atoms with Gasteiger partial charge in [0, 0.05) is 25.5 Å². The van der Waals surface area contributed by atoms with Gasteiger partial charge in [-0.25, -0.2) is 0 Å². The summed E-state index contributed by atoms with van der Waals surface area (Å²) in [6.07, 6.45) is 0. The third-order valence-corrected chi connectivity index (χ3v) is 2.34. The number of carbonyl (C=O) groups is 1. The van der Waals surface area contributed by atoms with Gasteiger partial charge in [-0.1, -0.05) is 12.1 Å². The Labute approximate surface area is 81.8 Å². The van der Waals surface area contributed by atoms with Gasteiger partial charge in [-0.2, -0.15) is 0 Å². The number of hydrogen-bond donors (Lipinski definition) is 1. The largest absolute Gasteiger partial charge is 0.330 e. The van der Waals surface area contributed by atoms with Crippen LogP contribution in [0.2, 0.25) is 0 Å². The maximum absolute atomic E-state index is 11.9. The highest BCUT2D eigenvalue weighted by molar-refractivity contribution is 6.11. The summed E-state index contributed by atoms with van der Waals surface area (Å²) < 4.78 is 10.1. The van der Waals surface area contributed by atoms with Crippen LogP contribution in [0.15, 0.2) is 24.3 Å². The summed E-state index contributed by atoms with van der Waals surface area (Å²) in [7, 11) is 2.86. The highest BCUT2D eigenvalue weighted by Crippen LogP contribution is 2.32. The van der Waals surface area contributed by atoms with Crippen LogP contribution in [-0.4, -0.2) is 25.9 Å². The fourth-order valence-corrected chi connectivity index (χ4v) is 1.57. The summed E-state index contributed by atoms with van der Waals surface area (Å²) in [5, 5.41) is 2.90.